The van der Waals surface area contributed by atoms with E-state index in [1.807, 2.05) is 6.92 Å². The molecule has 0 aliphatic rings. The Labute approximate surface area is 117 Å². The molecule has 0 aromatic heterocycles. The van der Waals surface area contributed by atoms with Crippen LogP contribution in [0.1, 0.15) is 31.1 Å². The molecule has 0 amide bonds. The van der Waals surface area contributed by atoms with Crippen molar-refractivity contribution in [1.82, 2.24) is 0 Å². The van der Waals surface area contributed by atoms with Gasteiger partial charge in [-0.1, -0.05) is 0 Å². The molecule has 1 atom stereocenters. The molecular formula is C14H19NO5. The molecule has 0 spiro atoms. The highest BCUT2D eigenvalue weighted by Gasteiger charge is 2.20. The number of ether oxygens (including phenoxy) is 3. The van der Waals surface area contributed by atoms with E-state index in [0.29, 0.717) is 18.0 Å². The van der Waals surface area contributed by atoms with E-state index in [4.69, 9.17) is 19.9 Å². The second-order valence-electron chi connectivity index (χ2n) is 3.99. The molecule has 0 heterocycles. The van der Waals surface area contributed by atoms with Crippen molar-refractivity contribution in [2.75, 3.05) is 18.9 Å². The van der Waals surface area contributed by atoms with Crippen molar-refractivity contribution in [3.05, 3.63) is 23.8 Å². The lowest BCUT2D eigenvalue weighted by Crippen LogP contribution is -2.26. The first-order chi connectivity index (χ1) is 9.49. The van der Waals surface area contributed by atoms with E-state index in [0.717, 1.165) is 0 Å². The molecule has 1 aromatic rings. The Morgan fingerprint density at radius 1 is 1.25 bits per heavy atom. The van der Waals surface area contributed by atoms with Gasteiger partial charge in [0.2, 0.25) is 0 Å². The molecule has 6 nitrogen and oxygen atoms in total. The maximum absolute atomic E-state index is 11.9. The molecule has 0 aliphatic carbocycles. The smallest absolute Gasteiger partial charge is 0.347 e. The molecule has 0 saturated carbocycles. The summed E-state index contributed by atoms with van der Waals surface area (Å²) in [5.74, 6) is -0.720. The molecule has 20 heavy (non-hydrogen) atoms. The monoisotopic (exact) mass is 281 g/mol. The van der Waals surface area contributed by atoms with Crippen LogP contribution in [0.3, 0.4) is 0 Å². The molecule has 1 aromatic carbocycles. The van der Waals surface area contributed by atoms with E-state index < -0.39 is 18.0 Å². The van der Waals surface area contributed by atoms with Crippen molar-refractivity contribution in [3.63, 3.8) is 0 Å². The van der Waals surface area contributed by atoms with E-state index in [9.17, 15) is 9.59 Å². The van der Waals surface area contributed by atoms with Crippen LogP contribution in [0.2, 0.25) is 0 Å². The summed E-state index contributed by atoms with van der Waals surface area (Å²) in [7, 11) is 0. The first-order valence-electron chi connectivity index (χ1n) is 6.39. The number of nitrogen functional groups attached to an aromatic ring is 1. The highest BCUT2D eigenvalue weighted by atomic mass is 16.6. The average Bonchev–Trinajstić information content (AvgIpc) is 2.41. The third-order valence-corrected chi connectivity index (χ3v) is 2.45. The number of carbonyl (C=O) groups excluding carboxylic acids is 2. The van der Waals surface area contributed by atoms with Gasteiger partial charge in [-0.25, -0.2) is 9.59 Å². The average molecular weight is 281 g/mol. The number of hydrogen-bond acceptors (Lipinski definition) is 6. The van der Waals surface area contributed by atoms with Crippen LogP contribution in [0.25, 0.3) is 0 Å². The summed E-state index contributed by atoms with van der Waals surface area (Å²) >= 11 is 0. The molecule has 1 unspecified atom stereocenters. The minimum atomic E-state index is -0.963. The third-order valence-electron chi connectivity index (χ3n) is 2.45. The second-order valence-corrected chi connectivity index (χ2v) is 3.99. The van der Waals surface area contributed by atoms with Crippen LogP contribution in [-0.2, 0) is 14.3 Å². The van der Waals surface area contributed by atoms with Crippen molar-refractivity contribution >= 4 is 17.6 Å². The molecule has 2 N–H and O–H groups in total. The summed E-state index contributed by atoms with van der Waals surface area (Å²) in [6.07, 6.45) is -0.963. The van der Waals surface area contributed by atoms with Crippen molar-refractivity contribution in [3.8, 4) is 5.75 Å². The maximum atomic E-state index is 11.9. The minimum Gasteiger partial charge on any atom is -0.492 e. The first-order valence-corrected chi connectivity index (χ1v) is 6.39. The molecule has 110 valence electrons. The predicted molar refractivity (Wildman–Crippen MR) is 73.5 cm³/mol. The van der Waals surface area contributed by atoms with Gasteiger partial charge in [0, 0.05) is 0 Å². The van der Waals surface area contributed by atoms with Crippen LogP contribution in [0, 0.1) is 0 Å². The molecule has 0 fully saturated rings. The van der Waals surface area contributed by atoms with Gasteiger partial charge in [0.1, 0.15) is 5.75 Å². The van der Waals surface area contributed by atoms with Gasteiger partial charge in [0.15, 0.2) is 6.10 Å². The van der Waals surface area contributed by atoms with Crippen molar-refractivity contribution in [2.24, 2.45) is 0 Å². The summed E-state index contributed by atoms with van der Waals surface area (Å²) in [5, 5.41) is 0. The van der Waals surface area contributed by atoms with E-state index in [1.165, 1.54) is 19.1 Å². The molecule has 0 bridgehead atoms. The lowest BCUT2D eigenvalue weighted by Gasteiger charge is -2.13. The molecule has 0 saturated heterocycles. The van der Waals surface area contributed by atoms with Crippen LogP contribution in [0.5, 0.6) is 5.75 Å². The zero-order valence-electron chi connectivity index (χ0n) is 11.8. The number of anilines is 1. The lowest BCUT2D eigenvalue weighted by molar-refractivity contribution is -0.152. The minimum absolute atomic E-state index is 0.233. The van der Waals surface area contributed by atoms with Gasteiger partial charge in [0.05, 0.1) is 24.5 Å². The van der Waals surface area contributed by atoms with E-state index >= 15 is 0 Å². The maximum Gasteiger partial charge on any atom is 0.347 e. The Morgan fingerprint density at radius 2 is 1.95 bits per heavy atom. The largest absolute Gasteiger partial charge is 0.492 e. The highest BCUT2D eigenvalue weighted by Crippen LogP contribution is 2.23. The molecule has 6 heteroatoms. The fraction of sp³-hybridized carbons (Fsp3) is 0.429. The predicted octanol–water partition coefficient (Wildman–Crippen LogP) is 1.78. The summed E-state index contributed by atoms with van der Waals surface area (Å²) in [5.41, 5.74) is 6.35. The van der Waals surface area contributed by atoms with E-state index in [1.54, 1.807) is 13.0 Å². The number of rotatable bonds is 6. The summed E-state index contributed by atoms with van der Waals surface area (Å²) in [6, 6.07) is 4.57. The number of nitrogens with two attached hydrogens (primary N) is 1. The highest BCUT2D eigenvalue weighted by molar-refractivity contribution is 5.92. The van der Waals surface area contributed by atoms with Gasteiger partial charge < -0.3 is 19.9 Å². The Balaban J connectivity index is 2.73. The van der Waals surface area contributed by atoms with E-state index in [2.05, 4.69) is 0 Å². The standard InChI is InChI=1S/C14H19NO5/c1-4-18-12-7-6-10(8-11(12)15)14(17)20-9(3)13(16)19-5-2/h6-9H,4-5,15H2,1-3H3. The van der Waals surface area contributed by atoms with Crippen LogP contribution in [-0.4, -0.2) is 31.3 Å². The summed E-state index contributed by atoms with van der Waals surface area (Å²) < 4.78 is 15.0. The third kappa shape index (κ3) is 4.15. The van der Waals surface area contributed by atoms with Gasteiger partial charge in [-0.05, 0) is 39.0 Å². The quantitative estimate of drug-likeness (QED) is 0.631. The van der Waals surface area contributed by atoms with Crippen molar-refractivity contribution in [2.45, 2.75) is 26.9 Å². The normalized spacial score (nSPS) is 11.6. The topological polar surface area (TPSA) is 87.8 Å². The Bertz CT molecular complexity index is 486. The fourth-order valence-electron chi connectivity index (χ4n) is 1.50. The lowest BCUT2D eigenvalue weighted by atomic mass is 10.2. The summed E-state index contributed by atoms with van der Waals surface area (Å²) in [4.78, 5) is 23.2. The van der Waals surface area contributed by atoms with Gasteiger partial charge in [-0.15, -0.1) is 0 Å². The Kier molecular flexibility index (Phi) is 5.83. The van der Waals surface area contributed by atoms with Crippen LogP contribution < -0.4 is 10.5 Å². The van der Waals surface area contributed by atoms with Crippen LogP contribution in [0.15, 0.2) is 18.2 Å². The van der Waals surface area contributed by atoms with Crippen LogP contribution >= 0.6 is 0 Å². The molecule has 0 aliphatic heterocycles. The number of esters is 2. The SMILES string of the molecule is CCOC(=O)C(C)OC(=O)c1ccc(OCC)c(N)c1. The van der Waals surface area contributed by atoms with Crippen LogP contribution in [0.4, 0.5) is 5.69 Å². The second kappa shape index (κ2) is 7.37. The fourth-order valence-corrected chi connectivity index (χ4v) is 1.50. The number of carbonyl (C=O) groups is 2. The van der Waals surface area contributed by atoms with Crippen molar-refractivity contribution < 1.29 is 23.8 Å². The van der Waals surface area contributed by atoms with Crippen molar-refractivity contribution in [1.29, 1.82) is 0 Å². The summed E-state index contributed by atoms with van der Waals surface area (Å²) in [6.45, 7) is 5.68. The Hall–Kier alpha value is -2.24. The van der Waals surface area contributed by atoms with Gasteiger partial charge in [-0.3, -0.25) is 0 Å². The number of benzene rings is 1. The van der Waals surface area contributed by atoms with Gasteiger partial charge in [-0.2, -0.15) is 0 Å². The molecule has 0 radical (unpaired) electrons. The number of hydrogen-bond donors (Lipinski definition) is 1. The van der Waals surface area contributed by atoms with Gasteiger partial charge >= 0.3 is 11.9 Å². The molecule has 1 rings (SSSR count). The zero-order chi connectivity index (χ0) is 15.1. The van der Waals surface area contributed by atoms with E-state index in [-0.39, 0.29) is 12.2 Å². The zero-order valence-corrected chi connectivity index (χ0v) is 11.8. The first kappa shape index (κ1) is 15.8. The van der Waals surface area contributed by atoms with Gasteiger partial charge in [0.25, 0.3) is 0 Å². The molecular weight excluding hydrogens is 262 g/mol. The Morgan fingerprint density at radius 3 is 2.50 bits per heavy atom.